The third-order valence-corrected chi connectivity index (χ3v) is 5.54. The van der Waals surface area contributed by atoms with Crippen molar-refractivity contribution in [1.82, 2.24) is 4.90 Å². The van der Waals surface area contributed by atoms with Crippen LogP contribution < -0.4 is 4.74 Å². The Labute approximate surface area is 143 Å². The van der Waals surface area contributed by atoms with Gasteiger partial charge in [0.15, 0.2) is 5.60 Å². The second-order valence-electron chi connectivity index (χ2n) is 6.82. The molecule has 5 nitrogen and oxygen atoms in total. The number of carboxylic acid groups (broad SMARTS) is 1. The quantitative estimate of drug-likeness (QED) is 0.867. The average molecular weight is 333 g/mol. The van der Waals surface area contributed by atoms with Gasteiger partial charge in [0.25, 0.3) is 0 Å². The van der Waals surface area contributed by atoms with E-state index in [-0.39, 0.29) is 5.92 Å². The van der Waals surface area contributed by atoms with Crippen LogP contribution in [0.5, 0.6) is 5.75 Å². The summed E-state index contributed by atoms with van der Waals surface area (Å²) in [6, 6.07) is 8.22. The van der Waals surface area contributed by atoms with Crippen LogP contribution in [0.3, 0.4) is 0 Å². The van der Waals surface area contributed by atoms with Crippen LogP contribution in [0.1, 0.15) is 44.1 Å². The second-order valence-corrected chi connectivity index (χ2v) is 6.82. The molecule has 3 rings (SSSR count). The molecular formula is C19H27NO4. The fourth-order valence-corrected chi connectivity index (χ4v) is 4.30. The predicted octanol–water partition coefficient (Wildman–Crippen LogP) is 2.90. The third kappa shape index (κ3) is 3.03. The molecule has 1 aromatic carbocycles. The highest BCUT2D eigenvalue weighted by Crippen LogP contribution is 2.42. The van der Waals surface area contributed by atoms with Crippen molar-refractivity contribution in [3.8, 4) is 5.75 Å². The monoisotopic (exact) mass is 333 g/mol. The standard InChI is InChI=1S/C19H27NO4/c1-3-24-19(18(21)22)13-20(15-6-4-5-7-15)12-17(19)14-8-10-16(23-2)11-9-14/h8-11,15,17H,3-7,12-13H2,1-2H3,(H,21,22)/t17-,19-/m0/s1. The lowest BCUT2D eigenvalue weighted by Gasteiger charge is -2.31. The lowest BCUT2D eigenvalue weighted by molar-refractivity contribution is -0.165. The van der Waals surface area contributed by atoms with Crippen LogP contribution in [0, 0.1) is 0 Å². The maximum Gasteiger partial charge on any atom is 0.338 e. The van der Waals surface area contributed by atoms with Crippen molar-refractivity contribution in [2.45, 2.75) is 50.2 Å². The van der Waals surface area contributed by atoms with Gasteiger partial charge in [-0.05, 0) is 37.5 Å². The minimum Gasteiger partial charge on any atom is -0.497 e. The molecule has 0 unspecified atom stereocenters. The van der Waals surface area contributed by atoms with Crippen LogP contribution in [0.4, 0.5) is 0 Å². The fourth-order valence-electron chi connectivity index (χ4n) is 4.30. The first kappa shape index (κ1) is 17.2. The van der Waals surface area contributed by atoms with Crippen molar-refractivity contribution in [1.29, 1.82) is 0 Å². The highest BCUT2D eigenvalue weighted by atomic mass is 16.5. The number of hydrogen-bond acceptors (Lipinski definition) is 4. The fraction of sp³-hybridized carbons (Fsp3) is 0.632. The van der Waals surface area contributed by atoms with Crippen LogP contribution in [0.25, 0.3) is 0 Å². The van der Waals surface area contributed by atoms with E-state index in [0.29, 0.717) is 19.2 Å². The van der Waals surface area contributed by atoms with E-state index in [0.717, 1.165) is 30.7 Å². The van der Waals surface area contributed by atoms with Crippen molar-refractivity contribution < 1.29 is 19.4 Å². The zero-order chi connectivity index (χ0) is 17.2. The lowest BCUT2D eigenvalue weighted by atomic mass is 9.84. The van der Waals surface area contributed by atoms with Crippen molar-refractivity contribution >= 4 is 5.97 Å². The number of methoxy groups -OCH3 is 1. The number of aliphatic carboxylic acids is 1. The topological polar surface area (TPSA) is 59.0 Å². The first-order valence-electron chi connectivity index (χ1n) is 8.86. The largest absolute Gasteiger partial charge is 0.497 e. The number of nitrogens with zero attached hydrogens (tertiary/aromatic N) is 1. The van der Waals surface area contributed by atoms with E-state index in [4.69, 9.17) is 9.47 Å². The smallest absolute Gasteiger partial charge is 0.338 e. The minimum atomic E-state index is -1.16. The molecule has 1 saturated carbocycles. The SMILES string of the molecule is CCO[C@@]1(C(=O)O)CN(C2CCCC2)C[C@H]1c1ccc(OC)cc1. The zero-order valence-corrected chi connectivity index (χ0v) is 14.5. The van der Waals surface area contributed by atoms with E-state index < -0.39 is 11.6 Å². The first-order chi connectivity index (χ1) is 11.6. The molecule has 0 aromatic heterocycles. The normalized spacial score (nSPS) is 28.3. The van der Waals surface area contributed by atoms with E-state index in [1.54, 1.807) is 7.11 Å². The summed E-state index contributed by atoms with van der Waals surface area (Å²) in [5, 5.41) is 10.0. The number of ether oxygens (including phenoxy) is 2. The maximum atomic E-state index is 12.2. The Bertz CT molecular complexity index is 567. The molecule has 1 aliphatic heterocycles. The van der Waals surface area contributed by atoms with E-state index in [9.17, 15) is 9.90 Å². The second kappa shape index (κ2) is 7.11. The Balaban J connectivity index is 1.93. The first-order valence-corrected chi connectivity index (χ1v) is 8.86. The van der Waals surface area contributed by atoms with Gasteiger partial charge >= 0.3 is 5.97 Å². The molecule has 2 fully saturated rings. The minimum absolute atomic E-state index is 0.165. The van der Waals surface area contributed by atoms with Gasteiger partial charge in [0, 0.05) is 31.7 Å². The molecule has 0 radical (unpaired) electrons. The summed E-state index contributed by atoms with van der Waals surface area (Å²) in [6.45, 7) is 3.48. The van der Waals surface area contributed by atoms with Crippen molar-refractivity contribution in [3.63, 3.8) is 0 Å². The summed E-state index contributed by atoms with van der Waals surface area (Å²) in [4.78, 5) is 14.5. The Morgan fingerprint density at radius 3 is 2.50 bits per heavy atom. The number of rotatable bonds is 6. The molecule has 1 aromatic rings. The van der Waals surface area contributed by atoms with Gasteiger partial charge in [-0.3, -0.25) is 4.90 Å². The zero-order valence-electron chi connectivity index (χ0n) is 14.5. The molecule has 1 aliphatic carbocycles. The summed E-state index contributed by atoms with van der Waals surface area (Å²) in [6.07, 6.45) is 4.81. The molecular weight excluding hydrogens is 306 g/mol. The van der Waals surface area contributed by atoms with Crippen molar-refractivity contribution in [2.75, 3.05) is 26.8 Å². The van der Waals surface area contributed by atoms with Crippen LogP contribution in [0.2, 0.25) is 0 Å². The van der Waals surface area contributed by atoms with Gasteiger partial charge in [0.1, 0.15) is 5.75 Å². The maximum absolute atomic E-state index is 12.2. The van der Waals surface area contributed by atoms with Crippen LogP contribution >= 0.6 is 0 Å². The van der Waals surface area contributed by atoms with Gasteiger partial charge in [0.2, 0.25) is 0 Å². The van der Waals surface area contributed by atoms with E-state index >= 15 is 0 Å². The van der Waals surface area contributed by atoms with Crippen LogP contribution in [-0.4, -0.2) is 54.4 Å². The number of likely N-dealkylation sites (tertiary alicyclic amines) is 1. The van der Waals surface area contributed by atoms with Gasteiger partial charge < -0.3 is 14.6 Å². The molecule has 0 bridgehead atoms. The summed E-state index contributed by atoms with van der Waals surface area (Å²) < 4.78 is 11.1. The Hall–Kier alpha value is -1.59. The van der Waals surface area contributed by atoms with E-state index in [1.165, 1.54) is 12.8 Å². The summed E-state index contributed by atoms with van der Waals surface area (Å²) >= 11 is 0. The Kier molecular flexibility index (Phi) is 5.11. The molecule has 24 heavy (non-hydrogen) atoms. The molecule has 0 amide bonds. The van der Waals surface area contributed by atoms with Crippen molar-refractivity contribution in [2.24, 2.45) is 0 Å². The average Bonchev–Trinajstić information content (AvgIpc) is 3.23. The molecule has 1 saturated heterocycles. The van der Waals surface area contributed by atoms with Gasteiger partial charge in [-0.25, -0.2) is 4.79 Å². The van der Waals surface area contributed by atoms with Crippen LogP contribution in [-0.2, 0) is 9.53 Å². The molecule has 0 spiro atoms. The number of carboxylic acids is 1. The summed E-state index contributed by atoms with van der Waals surface area (Å²) in [5.74, 6) is -0.242. The molecule has 1 heterocycles. The molecule has 132 valence electrons. The number of carbonyl (C=O) groups is 1. The van der Waals surface area contributed by atoms with E-state index in [1.807, 2.05) is 31.2 Å². The Morgan fingerprint density at radius 2 is 1.96 bits per heavy atom. The summed E-state index contributed by atoms with van der Waals surface area (Å²) in [7, 11) is 1.63. The predicted molar refractivity (Wildman–Crippen MR) is 91.6 cm³/mol. The number of benzene rings is 1. The van der Waals surface area contributed by atoms with Crippen LogP contribution in [0.15, 0.2) is 24.3 Å². The van der Waals surface area contributed by atoms with Gasteiger partial charge in [0.05, 0.1) is 7.11 Å². The highest BCUT2D eigenvalue weighted by Gasteiger charge is 2.55. The van der Waals surface area contributed by atoms with Gasteiger partial charge in [-0.2, -0.15) is 0 Å². The molecule has 5 heteroatoms. The lowest BCUT2D eigenvalue weighted by Crippen LogP contribution is -2.48. The van der Waals surface area contributed by atoms with Gasteiger partial charge in [-0.15, -0.1) is 0 Å². The summed E-state index contributed by atoms with van der Waals surface area (Å²) in [5.41, 5.74) is -0.154. The number of hydrogen-bond donors (Lipinski definition) is 1. The van der Waals surface area contributed by atoms with Gasteiger partial charge in [-0.1, -0.05) is 25.0 Å². The third-order valence-electron chi connectivity index (χ3n) is 5.54. The molecule has 1 N–H and O–H groups in total. The highest BCUT2D eigenvalue weighted by molar-refractivity contribution is 5.80. The molecule has 2 aliphatic rings. The van der Waals surface area contributed by atoms with E-state index in [2.05, 4.69) is 4.90 Å². The Morgan fingerprint density at radius 1 is 1.29 bits per heavy atom. The van der Waals surface area contributed by atoms with Crippen molar-refractivity contribution in [3.05, 3.63) is 29.8 Å². The molecule has 2 atom stereocenters.